The third kappa shape index (κ3) is 14.0. The fourth-order valence-electron chi connectivity index (χ4n) is 13.9. The molecule has 4 saturated heterocycles. The van der Waals surface area contributed by atoms with E-state index in [1.54, 1.807) is 121 Å². The van der Waals surface area contributed by atoms with E-state index in [0.717, 1.165) is 9.80 Å². The smallest absolute Gasteiger partial charge is 0.262 e. The number of nitrogens with one attached hydrogen (secondary N) is 2. The van der Waals surface area contributed by atoms with E-state index >= 15 is 19.2 Å². The minimum absolute atomic E-state index is 0.0308. The van der Waals surface area contributed by atoms with Gasteiger partial charge in [0.15, 0.2) is 0 Å². The summed E-state index contributed by atoms with van der Waals surface area (Å²) in [5.74, 6) is -2.52. The lowest BCUT2D eigenvalue weighted by Crippen LogP contribution is -2.54. The van der Waals surface area contributed by atoms with Crippen LogP contribution in [-0.2, 0) is 41.4 Å². The highest BCUT2D eigenvalue weighted by Crippen LogP contribution is 2.58. The Bertz CT molecular complexity index is 4820. The van der Waals surface area contributed by atoms with Gasteiger partial charge in [-0.2, -0.15) is 0 Å². The number of epoxide rings is 4. The molecule has 24 heteroatoms. The molecule has 6 aliphatic heterocycles. The summed E-state index contributed by atoms with van der Waals surface area (Å²) in [4.78, 5) is 98.0. The average Bonchev–Trinajstić information content (AvgIpc) is 1.36. The summed E-state index contributed by atoms with van der Waals surface area (Å²) in [6.07, 6.45) is 0.209. The number of fused-ring (bicyclic) bond motifs is 2. The SMILES string of the molecule is CCCNC(=O)C(Cc1ccc(O)cc1)N1C(=O)c2cc(Oc3cccc(OCC4CO4)c3)c3c4c(Oc5cccc(OCC6CO6)c5)cc5c6c(cc(Oc7cccc(OCC8CO8)c7)c(c7c(Oc8cccc(OCC9CO9)c8)cc(c2c37)C1=O)c64)C(=O)N(C(Cc1ccc(O)cc1)C(=O)NCCC)C5=O. The largest absolute Gasteiger partial charge is 0.508 e. The van der Waals surface area contributed by atoms with E-state index in [2.05, 4.69) is 10.6 Å². The summed E-state index contributed by atoms with van der Waals surface area (Å²) in [6.45, 7) is 7.20. The molecule has 0 bridgehead atoms. The summed E-state index contributed by atoms with van der Waals surface area (Å²) in [5.41, 5.74) is 0.693. The van der Waals surface area contributed by atoms with Crippen molar-refractivity contribution < 1.29 is 95.8 Å². The Labute approximate surface area is 617 Å². The van der Waals surface area contributed by atoms with E-state index in [0.29, 0.717) is 73.4 Å². The molecule has 0 saturated carbocycles. The van der Waals surface area contributed by atoms with Crippen LogP contribution < -0.4 is 48.5 Å². The first-order valence-electron chi connectivity index (χ1n) is 36.0. The summed E-state index contributed by atoms with van der Waals surface area (Å²) >= 11 is 0. The second-order valence-corrected chi connectivity index (χ2v) is 27.4. The molecule has 0 aliphatic carbocycles. The number of nitrogens with zero attached hydrogens (tertiary/aromatic N) is 2. The standard InChI is InChI=1S/C84H72N4O20/c1-3-25-85-79(91)65(27-45-17-21-47(89)22-18-45)87-81(93)61-33-67(105-53-13-5-9-49(29-53)97-37-57-41-101-57)73-75-69(107-55-15-7-11-51(31-55)99-39-59-43-103-59)35-63-72-64(84(96)88(83(63)95)66(80(92)86-26-4-2)28-46-19-23-48(90)24-20-46)36-70(108-56-16-8-12-52(32-56)100-40-60-44-104-60)76(78(72)75)74-68(34-62(82(87)94)71(61)77(73)74)106-54-14-6-10-50(30-54)98-38-58-42-102-58/h5-24,29-36,57-60,65-66,89-90H,3-4,25-28,37-44H2,1-2H3,(H,85,91)(H,86,92). The van der Waals surface area contributed by atoms with Crippen molar-refractivity contribution in [1.29, 1.82) is 0 Å². The minimum Gasteiger partial charge on any atom is -0.508 e. The van der Waals surface area contributed by atoms with Crippen LogP contribution in [0.15, 0.2) is 170 Å². The Morgan fingerprint density at radius 1 is 0.380 bits per heavy atom. The maximum Gasteiger partial charge on any atom is 0.262 e. The second-order valence-electron chi connectivity index (χ2n) is 27.4. The van der Waals surface area contributed by atoms with Gasteiger partial charge in [0.25, 0.3) is 23.6 Å². The molecule has 24 nitrogen and oxygen atoms in total. The van der Waals surface area contributed by atoms with Crippen LogP contribution in [0.5, 0.6) is 80.5 Å². The zero-order valence-corrected chi connectivity index (χ0v) is 58.7. The van der Waals surface area contributed by atoms with Gasteiger partial charge in [0.05, 0.1) is 48.7 Å². The molecular weight excluding hydrogens is 1380 g/mol. The van der Waals surface area contributed by atoms with E-state index in [9.17, 15) is 19.8 Å². The Hall–Kier alpha value is -12.2. The van der Waals surface area contributed by atoms with Gasteiger partial charge in [0, 0.05) is 93.3 Å². The molecule has 11 aromatic rings. The fourth-order valence-corrected chi connectivity index (χ4v) is 13.9. The van der Waals surface area contributed by atoms with Crippen molar-refractivity contribution in [3.63, 3.8) is 0 Å². The van der Waals surface area contributed by atoms with Crippen molar-refractivity contribution in [3.8, 4) is 80.5 Å². The van der Waals surface area contributed by atoms with Gasteiger partial charge in [0.1, 0.15) is 143 Å². The Morgan fingerprint density at radius 3 is 0.889 bits per heavy atom. The number of phenolic OH excluding ortho intramolecular Hbond substituents is 2. The second kappa shape index (κ2) is 28.9. The van der Waals surface area contributed by atoms with E-state index in [1.165, 1.54) is 48.5 Å². The van der Waals surface area contributed by atoms with Gasteiger partial charge in [-0.25, -0.2) is 0 Å². The molecule has 0 aromatic heterocycles. The number of carbonyl (C=O) groups is 6. The Morgan fingerprint density at radius 2 is 0.639 bits per heavy atom. The summed E-state index contributed by atoms with van der Waals surface area (Å²) in [5, 5.41) is 28.0. The lowest BCUT2D eigenvalue weighted by Gasteiger charge is -2.36. The average molecular weight is 1460 g/mol. The quantitative estimate of drug-likeness (QED) is 0.0132. The minimum atomic E-state index is -1.49. The van der Waals surface area contributed by atoms with Crippen LogP contribution in [0.3, 0.4) is 0 Å². The zero-order chi connectivity index (χ0) is 73.8. The van der Waals surface area contributed by atoms with Gasteiger partial charge >= 0.3 is 0 Å². The van der Waals surface area contributed by atoms with Crippen molar-refractivity contribution in [2.45, 2.75) is 76.0 Å². The predicted molar refractivity (Wildman–Crippen MR) is 393 cm³/mol. The molecule has 6 unspecified atom stereocenters. The number of hydrogen-bond donors (Lipinski definition) is 4. The van der Waals surface area contributed by atoms with E-state index in [-0.39, 0.29) is 200 Å². The molecule has 0 spiro atoms. The van der Waals surface area contributed by atoms with Crippen molar-refractivity contribution in [2.75, 3.05) is 65.9 Å². The van der Waals surface area contributed by atoms with Crippen molar-refractivity contribution in [1.82, 2.24) is 20.4 Å². The maximum atomic E-state index is 16.5. The monoisotopic (exact) mass is 1460 g/mol. The summed E-state index contributed by atoms with van der Waals surface area (Å²) < 4.78 is 76.3. The molecule has 6 atom stereocenters. The highest BCUT2D eigenvalue weighted by Gasteiger charge is 2.47. The highest BCUT2D eigenvalue weighted by atomic mass is 16.6. The first kappa shape index (κ1) is 68.9. The lowest BCUT2D eigenvalue weighted by atomic mass is 9.80. The first-order chi connectivity index (χ1) is 52.7. The number of aromatic hydroxyl groups is 2. The van der Waals surface area contributed by atoms with Crippen LogP contribution in [0.25, 0.3) is 43.1 Å². The van der Waals surface area contributed by atoms with Gasteiger partial charge in [-0.15, -0.1) is 0 Å². The maximum absolute atomic E-state index is 16.5. The molecule has 6 aliphatic rings. The Balaban J connectivity index is 0.994. The molecule has 0 radical (unpaired) electrons. The molecule has 6 heterocycles. The first-order valence-corrected chi connectivity index (χ1v) is 36.0. The molecule has 6 amide bonds. The third-order valence-electron chi connectivity index (χ3n) is 19.5. The van der Waals surface area contributed by atoms with Crippen LogP contribution in [-0.4, -0.2) is 158 Å². The van der Waals surface area contributed by atoms with Crippen LogP contribution in [0.4, 0.5) is 0 Å². The molecule has 108 heavy (non-hydrogen) atoms. The molecule has 11 aromatic carbocycles. The number of benzene rings is 11. The van der Waals surface area contributed by atoms with E-state index in [1.807, 2.05) is 13.8 Å². The number of ether oxygens (including phenoxy) is 12. The molecule has 4 fully saturated rings. The zero-order valence-electron chi connectivity index (χ0n) is 58.7. The van der Waals surface area contributed by atoms with E-state index in [4.69, 9.17) is 56.8 Å². The molecule has 4 N–H and O–H groups in total. The van der Waals surface area contributed by atoms with Gasteiger partial charge in [-0.1, -0.05) is 62.4 Å². The summed E-state index contributed by atoms with van der Waals surface area (Å²) in [6, 6.07) is 42.8. The topological polar surface area (TPSA) is 297 Å². The van der Waals surface area contributed by atoms with Gasteiger partial charge in [-0.3, -0.25) is 38.6 Å². The third-order valence-corrected chi connectivity index (χ3v) is 19.5. The van der Waals surface area contributed by atoms with Crippen LogP contribution in [0.2, 0.25) is 0 Å². The number of carbonyl (C=O) groups excluding carboxylic acids is 6. The number of hydrogen-bond acceptors (Lipinski definition) is 20. The number of imide groups is 2. The lowest BCUT2D eigenvalue weighted by molar-refractivity contribution is -0.125. The summed E-state index contributed by atoms with van der Waals surface area (Å²) in [7, 11) is 0. The fraction of sp³-hybridized carbons (Fsp3) is 0.262. The number of rotatable bonds is 32. The van der Waals surface area contributed by atoms with Crippen molar-refractivity contribution in [2.24, 2.45) is 0 Å². The number of amides is 6. The normalized spacial score (nSPS) is 17.9. The van der Waals surface area contributed by atoms with Gasteiger partial charge in [0.2, 0.25) is 11.8 Å². The van der Waals surface area contributed by atoms with Crippen LogP contribution in [0.1, 0.15) is 79.2 Å². The number of phenols is 2. The Kier molecular flexibility index (Phi) is 18.4. The van der Waals surface area contributed by atoms with Crippen LogP contribution >= 0.6 is 0 Å². The molecule has 17 rings (SSSR count). The van der Waals surface area contributed by atoms with Gasteiger partial charge in [-0.05, 0) is 121 Å². The van der Waals surface area contributed by atoms with Crippen molar-refractivity contribution in [3.05, 3.63) is 203 Å². The molecular formula is C84H72N4O20. The van der Waals surface area contributed by atoms with Gasteiger partial charge < -0.3 is 77.7 Å². The van der Waals surface area contributed by atoms with Crippen LogP contribution in [0, 0.1) is 0 Å². The van der Waals surface area contributed by atoms with E-state index < -0.39 is 47.5 Å². The molecule has 548 valence electrons. The highest BCUT2D eigenvalue weighted by molar-refractivity contribution is 6.45. The van der Waals surface area contributed by atoms with Crippen molar-refractivity contribution >= 4 is 78.5 Å². The predicted octanol–water partition coefficient (Wildman–Crippen LogP) is 12.9.